The van der Waals surface area contributed by atoms with Gasteiger partial charge in [-0.2, -0.15) is 18.4 Å². The molecule has 116 valence electrons. The molecule has 0 heterocycles. The summed E-state index contributed by atoms with van der Waals surface area (Å²) in [6.45, 7) is 4.01. The van der Waals surface area contributed by atoms with E-state index in [1.54, 1.807) is 0 Å². The first-order chi connectivity index (χ1) is 9.36. The molecular weight excluding hydrogens is 267 g/mol. The predicted molar refractivity (Wildman–Crippen MR) is 72.2 cm³/mol. The van der Waals surface area contributed by atoms with Crippen molar-refractivity contribution in [3.8, 4) is 6.07 Å². The molecule has 0 aromatic heterocycles. The Labute approximate surface area is 119 Å². The summed E-state index contributed by atoms with van der Waals surface area (Å²) in [4.78, 5) is 1.50. The summed E-state index contributed by atoms with van der Waals surface area (Å²) >= 11 is 0. The first kappa shape index (κ1) is 17.3. The van der Waals surface area contributed by atoms with E-state index in [1.165, 1.54) is 4.90 Å². The maximum atomic E-state index is 12.7. The lowest BCUT2D eigenvalue weighted by atomic mass is 9.79. The van der Waals surface area contributed by atoms with E-state index in [2.05, 4.69) is 11.4 Å². The number of alkyl halides is 3. The van der Waals surface area contributed by atoms with E-state index in [9.17, 15) is 18.4 Å². The third-order valence-electron chi connectivity index (χ3n) is 3.86. The predicted octanol–water partition coefficient (Wildman–Crippen LogP) is 3.08. The zero-order valence-electron chi connectivity index (χ0n) is 12.3. The molecule has 2 atom stereocenters. The van der Waals surface area contributed by atoms with Gasteiger partial charge in [0.1, 0.15) is 5.54 Å². The second-order valence-electron chi connectivity index (χ2n) is 5.56. The summed E-state index contributed by atoms with van der Waals surface area (Å²) < 4.78 is 38.1. The van der Waals surface area contributed by atoms with Gasteiger partial charge in [-0.15, -0.1) is 0 Å². The summed E-state index contributed by atoms with van der Waals surface area (Å²) in [5.74, 6) is 0. The van der Waals surface area contributed by atoms with Crippen LogP contribution in [0.3, 0.4) is 0 Å². The molecule has 1 aliphatic rings. The molecule has 0 aliphatic heterocycles. The summed E-state index contributed by atoms with van der Waals surface area (Å²) in [5, 5.41) is 12.5. The second-order valence-corrected chi connectivity index (χ2v) is 5.56. The van der Waals surface area contributed by atoms with Gasteiger partial charge in [0.2, 0.25) is 0 Å². The zero-order valence-corrected chi connectivity index (χ0v) is 12.3. The van der Waals surface area contributed by atoms with Crippen molar-refractivity contribution >= 4 is 0 Å². The Hall–Kier alpha value is -0.800. The molecule has 1 rings (SSSR count). The number of halogens is 3. The van der Waals surface area contributed by atoms with Crippen LogP contribution in [0.5, 0.6) is 0 Å². The Bertz CT molecular complexity index is 334. The minimum absolute atomic E-state index is 0.163. The van der Waals surface area contributed by atoms with Gasteiger partial charge < -0.3 is 0 Å². The highest BCUT2D eigenvalue weighted by Crippen LogP contribution is 2.32. The van der Waals surface area contributed by atoms with Gasteiger partial charge in [-0.3, -0.25) is 10.2 Å². The third kappa shape index (κ3) is 4.95. The average Bonchev–Trinajstić information content (AvgIpc) is 2.37. The number of rotatable bonds is 6. The van der Waals surface area contributed by atoms with Crippen LogP contribution in [0.25, 0.3) is 0 Å². The molecule has 3 nitrogen and oxygen atoms in total. The minimum Gasteiger partial charge on any atom is -0.300 e. The SMILES string of the molecule is CCCN(CC(F)(F)F)C1CCCC(C#N)(NCC)C1. The fraction of sp³-hybridized carbons (Fsp3) is 0.929. The highest BCUT2D eigenvalue weighted by atomic mass is 19.4. The van der Waals surface area contributed by atoms with Gasteiger partial charge >= 0.3 is 6.18 Å². The molecule has 1 aliphatic carbocycles. The van der Waals surface area contributed by atoms with Crippen LogP contribution in [0.1, 0.15) is 46.0 Å². The third-order valence-corrected chi connectivity index (χ3v) is 3.86. The van der Waals surface area contributed by atoms with Crippen molar-refractivity contribution in [2.45, 2.75) is 63.7 Å². The Morgan fingerprint density at radius 3 is 2.60 bits per heavy atom. The van der Waals surface area contributed by atoms with Gasteiger partial charge in [-0.1, -0.05) is 13.8 Å². The fourth-order valence-corrected chi connectivity index (χ4v) is 3.11. The highest BCUT2D eigenvalue weighted by molar-refractivity contribution is 5.11. The van der Waals surface area contributed by atoms with Crippen LogP contribution < -0.4 is 5.32 Å². The lowest BCUT2D eigenvalue weighted by molar-refractivity contribution is -0.153. The van der Waals surface area contributed by atoms with Crippen molar-refractivity contribution in [3.05, 3.63) is 0 Å². The van der Waals surface area contributed by atoms with E-state index in [0.29, 0.717) is 25.9 Å². The van der Waals surface area contributed by atoms with Crippen molar-refractivity contribution in [2.75, 3.05) is 19.6 Å². The summed E-state index contributed by atoms with van der Waals surface area (Å²) in [6, 6.07) is 2.13. The molecule has 0 aromatic carbocycles. The standard InChI is InChI=1S/C14H24F3N3/c1-3-8-20(11-14(15,16)17)12-6-5-7-13(9-12,10-18)19-4-2/h12,19H,3-9,11H2,1-2H3. The molecule has 6 heteroatoms. The molecular formula is C14H24F3N3. The quantitative estimate of drug-likeness (QED) is 0.817. The van der Waals surface area contributed by atoms with Crippen LogP contribution in [0.4, 0.5) is 13.2 Å². The molecule has 0 saturated heterocycles. The average molecular weight is 291 g/mol. The van der Waals surface area contributed by atoms with Gasteiger partial charge in [0.25, 0.3) is 0 Å². The van der Waals surface area contributed by atoms with Crippen LogP contribution in [0, 0.1) is 11.3 Å². The van der Waals surface area contributed by atoms with Crippen LogP contribution in [-0.2, 0) is 0 Å². The molecule has 0 radical (unpaired) electrons. The molecule has 1 N–H and O–H groups in total. The van der Waals surface area contributed by atoms with Crippen molar-refractivity contribution in [2.24, 2.45) is 0 Å². The van der Waals surface area contributed by atoms with E-state index in [0.717, 1.165) is 19.3 Å². The normalized spacial score (nSPS) is 27.6. The number of nitrogens with one attached hydrogen (secondary N) is 1. The van der Waals surface area contributed by atoms with Crippen LogP contribution >= 0.6 is 0 Å². The smallest absolute Gasteiger partial charge is 0.300 e. The van der Waals surface area contributed by atoms with Gasteiger partial charge in [0.05, 0.1) is 12.6 Å². The van der Waals surface area contributed by atoms with Gasteiger partial charge in [-0.25, -0.2) is 0 Å². The lowest BCUT2D eigenvalue weighted by Crippen LogP contribution is -2.54. The minimum atomic E-state index is -4.18. The largest absolute Gasteiger partial charge is 0.401 e. The number of hydrogen-bond donors (Lipinski definition) is 1. The first-order valence-electron chi connectivity index (χ1n) is 7.33. The van der Waals surface area contributed by atoms with Gasteiger partial charge in [0, 0.05) is 6.04 Å². The number of nitrogens with zero attached hydrogens (tertiary/aromatic N) is 2. The van der Waals surface area contributed by atoms with Gasteiger partial charge in [0.15, 0.2) is 0 Å². The molecule has 20 heavy (non-hydrogen) atoms. The Morgan fingerprint density at radius 2 is 2.10 bits per heavy atom. The topological polar surface area (TPSA) is 39.1 Å². The second kappa shape index (κ2) is 7.28. The van der Waals surface area contributed by atoms with Crippen molar-refractivity contribution in [3.63, 3.8) is 0 Å². The van der Waals surface area contributed by atoms with E-state index in [4.69, 9.17) is 0 Å². The van der Waals surface area contributed by atoms with E-state index in [-0.39, 0.29) is 6.04 Å². The lowest BCUT2D eigenvalue weighted by Gasteiger charge is -2.41. The highest BCUT2D eigenvalue weighted by Gasteiger charge is 2.40. The van der Waals surface area contributed by atoms with Crippen molar-refractivity contribution < 1.29 is 13.2 Å². The molecule has 1 saturated carbocycles. The Balaban J connectivity index is 2.78. The van der Waals surface area contributed by atoms with Crippen molar-refractivity contribution in [1.82, 2.24) is 10.2 Å². The number of hydrogen-bond acceptors (Lipinski definition) is 3. The summed E-state index contributed by atoms with van der Waals surface area (Å²) in [6.07, 6.45) is -0.755. The summed E-state index contributed by atoms with van der Waals surface area (Å²) in [5.41, 5.74) is -0.657. The fourth-order valence-electron chi connectivity index (χ4n) is 3.11. The van der Waals surface area contributed by atoms with Crippen LogP contribution in [0.2, 0.25) is 0 Å². The Kier molecular flexibility index (Phi) is 6.28. The number of nitriles is 1. The van der Waals surface area contributed by atoms with Crippen molar-refractivity contribution in [1.29, 1.82) is 5.26 Å². The molecule has 0 spiro atoms. The maximum Gasteiger partial charge on any atom is 0.401 e. The zero-order chi connectivity index (χ0) is 15.2. The summed E-state index contributed by atoms with van der Waals surface area (Å²) in [7, 11) is 0. The maximum absolute atomic E-state index is 12.7. The monoisotopic (exact) mass is 291 g/mol. The molecule has 1 fully saturated rings. The van der Waals surface area contributed by atoms with Gasteiger partial charge in [-0.05, 0) is 45.2 Å². The van der Waals surface area contributed by atoms with E-state index in [1.807, 2.05) is 13.8 Å². The van der Waals surface area contributed by atoms with E-state index < -0.39 is 18.3 Å². The molecule has 0 bridgehead atoms. The van der Waals surface area contributed by atoms with Crippen LogP contribution in [-0.4, -0.2) is 42.3 Å². The Morgan fingerprint density at radius 1 is 1.40 bits per heavy atom. The first-order valence-corrected chi connectivity index (χ1v) is 7.33. The molecule has 0 amide bonds. The molecule has 0 aromatic rings. The molecule has 2 unspecified atom stereocenters. The van der Waals surface area contributed by atoms with Crippen LogP contribution in [0.15, 0.2) is 0 Å². The van der Waals surface area contributed by atoms with E-state index >= 15 is 0 Å².